The van der Waals surface area contributed by atoms with Crippen LogP contribution in [-0.4, -0.2) is 25.3 Å². The smallest absolute Gasteiger partial charge is 0.157 e. The van der Waals surface area contributed by atoms with Gasteiger partial charge in [-0.15, -0.1) is 0 Å². The van der Waals surface area contributed by atoms with Crippen molar-refractivity contribution in [1.29, 1.82) is 0 Å². The van der Waals surface area contributed by atoms with E-state index < -0.39 is 0 Å². The zero-order valence-corrected chi connectivity index (χ0v) is 12.7. The Balaban J connectivity index is 1.77. The Hall–Kier alpha value is -0.670. The quantitative estimate of drug-likeness (QED) is 0.524. The molecule has 2 rings (SSSR count). The van der Waals surface area contributed by atoms with Gasteiger partial charge in [-0.1, -0.05) is 31.9 Å². The van der Waals surface area contributed by atoms with E-state index in [1.54, 1.807) is 0 Å². The van der Waals surface area contributed by atoms with Crippen molar-refractivity contribution in [3.05, 3.63) is 12.2 Å². The minimum Gasteiger partial charge on any atom is -0.353 e. The normalized spacial score (nSPS) is 31.2. The summed E-state index contributed by atoms with van der Waals surface area (Å²) >= 11 is 0. The maximum absolute atomic E-state index is 12.0. The first-order chi connectivity index (χ1) is 9.81. The van der Waals surface area contributed by atoms with E-state index in [4.69, 9.17) is 9.47 Å². The van der Waals surface area contributed by atoms with Crippen LogP contribution in [0.4, 0.5) is 0 Å². The first-order valence-electron chi connectivity index (χ1n) is 8.24. The van der Waals surface area contributed by atoms with Gasteiger partial charge in [-0.05, 0) is 38.0 Å². The number of ketones is 1. The molecule has 3 nitrogen and oxygen atoms in total. The van der Waals surface area contributed by atoms with Crippen molar-refractivity contribution in [3.8, 4) is 0 Å². The lowest BCUT2D eigenvalue weighted by atomic mass is 9.95. The first kappa shape index (κ1) is 15.7. The lowest BCUT2D eigenvalue weighted by molar-refractivity contribution is -0.171. The van der Waals surface area contributed by atoms with E-state index in [1.807, 2.05) is 0 Å². The molecule has 2 fully saturated rings. The number of Topliss-reactive ketones (excluding diaryl/α,β-unsaturated/α-hetero) is 1. The van der Waals surface area contributed by atoms with Gasteiger partial charge < -0.3 is 9.47 Å². The minimum absolute atomic E-state index is 0.0541. The fourth-order valence-electron chi connectivity index (χ4n) is 3.03. The van der Waals surface area contributed by atoms with E-state index in [1.165, 1.54) is 19.3 Å². The molecule has 1 aliphatic heterocycles. The van der Waals surface area contributed by atoms with Gasteiger partial charge in [0, 0.05) is 18.9 Å². The molecule has 1 unspecified atom stereocenters. The van der Waals surface area contributed by atoms with Crippen molar-refractivity contribution in [2.75, 3.05) is 13.2 Å². The maximum atomic E-state index is 12.0. The number of ether oxygens (including phenoxy) is 2. The van der Waals surface area contributed by atoms with E-state index in [-0.39, 0.29) is 12.2 Å². The van der Waals surface area contributed by atoms with Crippen LogP contribution in [0.25, 0.3) is 0 Å². The highest BCUT2D eigenvalue weighted by atomic mass is 16.7. The SMILES string of the molecule is CCCC/C=C/[C@@H]1CCC(=O)[C@H]1COC1CCCCO1. The molecule has 1 heterocycles. The third-order valence-electron chi connectivity index (χ3n) is 4.36. The van der Waals surface area contributed by atoms with Gasteiger partial charge in [0.05, 0.1) is 6.61 Å². The zero-order chi connectivity index (χ0) is 14.2. The molecule has 3 heteroatoms. The molecule has 0 spiro atoms. The summed E-state index contributed by atoms with van der Waals surface area (Å²) in [7, 11) is 0. The summed E-state index contributed by atoms with van der Waals surface area (Å²) in [4.78, 5) is 12.0. The Morgan fingerprint density at radius 2 is 2.25 bits per heavy atom. The Labute approximate surface area is 122 Å². The summed E-state index contributed by atoms with van der Waals surface area (Å²) < 4.78 is 11.4. The van der Waals surface area contributed by atoms with Crippen LogP contribution in [0.3, 0.4) is 0 Å². The lowest BCUT2D eigenvalue weighted by Crippen LogP contribution is -2.28. The van der Waals surface area contributed by atoms with Gasteiger partial charge in [0.15, 0.2) is 6.29 Å². The molecule has 0 aromatic carbocycles. The van der Waals surface area contributed by atoms with Crippen molar-refractivity contribution in [3.63, 3.8) is 0 Å². The van der Waals surface area contributed by atoms with E-state index in [0.717, 1.165) is 32.3 Å². The fraction of sp³-hybridized carbons (Fsp3) is 0.824. The summed E-state index contributed by atoms with van der Waals surface area (Å²) in [6.45, 7) is 3.53. The van der Waals surface area contributed by atoms with Crippen LogP contribution in [0.2, 0.25) is 0 Å². The Kier molecular flexibility index (Phi) is 6.74. The molecule has 1 aliphatic carbocycles. The molecule has 0 aromatic rings. The van der Waals surface area contributed by atoms with Crippen molar-refractivity contribution >= 4 is 5.78 Å². The van der Waals surface area contributed by atoms with Crippen LogP contribution in [0.15, 0.2) is 12.2 Å². The van der Waals surface area contributed by atoms with Gasteiger partial charge in [-0.2, -0.15) is 0 Å². The van der Waals surface area contributed by atoms with E-state index >= 15 is 0 Å². The topological polar surface area (TPSA) is 35.5 Å². The third-order valence-corrected chi connectivity index (χ3v) is 4.36. The molecule has 0 N–H and O–H groups in total. The van der Waals surface area contributed by atoms with E-state index in [2.05, 4.69) is 19.1 Å². The average Bonchev–Trinajstić information content (AvgIpc) is 2.83. The van der Waals surface area contributed by atoms with E-state index in [0.29, 0.717) is 24.7 Å². The lowest BCUT2D eigenvalue weighted by Gasteiger charge is -2.25. The van der Waals surface area contributed by atoms with Crippen LogP contribution in [-0.2, 0) is 14.3 Å². The van der Waals surface area contributed by atoms with E-state index in [9.17, 15) is 4.79 Å². The molecular weight excluding hydrogens is 252 g/mol. The number of unbranched alkanes of at least 4 members (excludes halogenated alkanes) is 2. The molecule has 1 saturated carbocycles. The van der Waals surface area contributed by atoms with Gasteiger partial charge in [0.25, 0.3) is 0 Å². The standard InChI is InChI=1S/C17H28O3/c1-2-3-4-5-8-14-10-11-16(18)15(14)13-20-17-9-6-7-12-19-17/h5,8,14-15,17H,2-4,6-7,9-13H2,1H3/b8-5+/t14-,15+,17?/m1/s1. The molecule has 0 bridgehead atoms. The number of carbonyl (C=O) groups is 1. The number of carbonyl (C=O) groups excluding carboxylic acids is 1. The number of hydrogen-bond donors (Lipinski definition) is 0. The van der Waals surface area contributed by atoms with Crippen molar-refractivity contribution in [2.45, 2.75) is 64.6 Å². The monoisotopic (exact) mass is 280 g/mol. The minimum atomic E-state index is -0.0816. The second-order valence-electron chi connectivity index (χ2n) is 5.98. The summed E-state index contributed by atoms with van der Waals surface area (Å²) in [6.07, 6.45) is 13.0. The maximum Gasteiger partial charge on any atom is 0.157 e. The van der Waals surface area contributed by atoms with Gasteiger partial charge in [0.1, 0.15) is 5.78 Å². The van der Waals surface area contributed by atoms with Gasteiger partial charge >= 0.3 is 0 Å². The van der Waals surface area contributed by atoms with Crippen LogP contribution < -0.4 is 0 Å². The number of rotatable bonds is 7. The highest BCUT2D eigenvalue weighted by Crippen LogP contribution is 2.31. The van der Waals surface area contributed by atoms with Gasteiger partial charge in [-0.3, -0.25) is 4.79 Å². The molecular formula is C17H28O3. The van der Waals surface area contributed by atoms with Crippen molar-refractivity contribution in [2.24, 2.45) is 11.8 Å². The number of allylic oxidation sites excluding steroid dienone is 2. The second kappa shape index (κ2) is 8.58. The van der Waals surface area contributed by atoms with Crippen molar-refractivity contribution < 1.29 is 14.3 Å². The molecule has 2 aliphatic rings. The molecule has 20 heavy (non-hydrogen) atoms. The van der Waals surface area contributed by atoms with Crippen LogP contribution in [0.5, 0.6) is 0 Å². The summed E-state index contributed by atoms with van der Waals surface area (Å²) in [6, 6.07) is 0. The Bertz CT molecular complexity index is 318. The predicted molar refractivity (Wildman–Crippen MR) is 79.4 cm³/mol. The molecule has 3 atom stereocenters. The van der Waals surface area contributed by atoms with Crippen LogP contribution in [0.1, 0.15) is 58.3 Å². The second-order valence-corrected chi connectivity index (χ2v) is 5.98. The third kappa shape index (κ3) is 4.71. The summed E-state index contributed by atoms with van der Waals surface area (Å²) in [5, 5.41) is 0. The van der Waals surface area contributed by atoms with Crippen LogP contribution in [0, 0.1) is 11.8 Å². The molecule has 1 saturated heterocycles. The summed E-state index contributed by atoms with van der Waals surface area (Å²) in [5.74, 6) is 0.798. The number of hydrogen-bond acceptors (Lipinski definition) is 3. The molecule has 0 aromatic heterocycles. The zero-order valence-electron chi connectivity index (χ0n) is 12.7. The largest absolute Gasteiger partial charge is 0.353 e. The first-order valence-corrected chi connectivity index (χ1v) is 8.24. The summed E-state index contributed by atoms with van der Waals surface area (Å²) in [5.41, 5.74) is 0. The van der Waals surface area contributed by atoms with Crippen LogP contribution >= 0.6 is 0 Å². The predicted octanol–water partition coefficient (Wildman–Crippen LogP) is 3.87. The Morgan fingerprint density at radius 3 is 3.00 bits per heavy atom. The molecule has 114 valence electrons. The van der Waals surface area contributed by atoms with Gasteiger partial charge in [-0.25, -0.2) is 0 Å². The highest BCUT2D eigenvalue weighted by molar-refractivity contribution is 5.83. The average molecular weight is 280 g/mol. The molecule has 0 radical (unpaired) electrons. The van der Waals surface area contributed by atoms with Crippen molar-refractivity contribution in [1.82, 2.24) is 0 Å². The van der Waals surface area contributed by atoms with Gasteiger partial charge in [0.2, 0.25) is 0 Å². The Morgan fingerprint density at radius 1 is 1.35 bits per heavy atom. The highest BCUT2D eigenvalue weighted by Gasteiger charge is 2.33. The molecule has 0 amide bonds. The fourth-order valence-corrected chi connectivity index (χ4v) is 3.03.